The van der Waals surface area contributed by atoms with E-state index in [-0.39, 0.29) is 16.5 Å². The van der Waals surface area contributed by atoms with Gasteiger partial charge in [0.2, 0.25) is 10.0 Å². The molecule has 1 aromatic carbocycles. The number of piperidine rings is 1. The maximum atomic E-state index is 14.5. The number of hydrogen-bond acceptors (Lipinski definition) is 5. The lowest BCUT2D eigenvalue weighted by Gasteiger charge is -2.38. The van der Waals surface area contributed by atoms with Crippen molar-refractivity contribution in [1.82, 2.24) is 9.21 Å². The molecule has 2 aliphatic rings. The fraction of sp³-hybridized carbons (Fsp3) is 0.632. The second-order valence-corrected chi connectivity index (χ2v) is 8.84. The summed E-state index contributed by atoms with van der Waals surface area (Å²) >= 11 is 0. The second-order valence-electron chi connectivity index (χ2n) is 6.90. The fourth-order valence-electron chi connectivity index (χ4n) is 3.79. The van der Waals surface area contributed by atoms with Crippen molar-refractivity contribution in [3.63, 3.8) is 0 Å². The van der Waals surface area contributed by atoms with Crippen LogP contribution in [0.2, 0.25) is 0 Å². The van der Waals surface area contributed by atoms with E-state index >= 15 is 0 Å². The Morgan fingerprint density at radius 3 is 2.54 bits per heavy atom. The Hall–Kier alpha value is -1.55. The van der Waals surface area contributed by atoms with E-state index in [1.165, 1.54) is 10.4 Å². The van der Waals surface area contributed by atoms with E-state index in [0.29, 0.717) is 39.3 Å². The normalized spacial score (nSPS) is 21.4. The average molecular weight is 414 g/mol. The molecule has 0 N–H and O–H groups in total. The van der Waals surface area contributed by atoms with Gasteiger partial charge in [-0.3, -0.25) is 4.79 Å². The van der Waals surface area contributed by atoms with Crippen molar-refractivity contribution in [2.75, 3.05) is 32.8 Å². The number of nitrogens with zero attached hydrogens (tertiary/aromatic N) is 2. The number of carbonyl (C=O) groups excluding carboxylic acids is 1. The van der Waals surface area contributed by atoms with Crippen LogP contribution in [0.5, 0.6) is 0 Å². The minimum absolute atomic E-state index is 0.0807. The van der Waals surface area contributed by atoms with Crippen molar-refractivity contribution in [3.05, 3.63) is 29.6 Å². The van der Waals surface area contributed by atoms with Gasteiger partial charge in [0.15, 0.2) is 6.29 Å². The van der Waals surface area contributed by atoms with Crippen molar-refractivity contribution in [1.29, 1.82) is 0 Å². The van der Waals surface area contributed by atoms with Crippen LogP contribution in [0.15, 0.2) is 23.1 Å². The fourth-order valence-corrected chi connectivity index (χ4v) is 5.27. The van der Waals surface area contributed by atoms with E-state index < -0.39 is 28.0 Å². The SMILES string of the molecule is CCN(CC)S(=O)(=O)c1ccc(F)c(C(=O)N2CCCCC2C2OCCO2)c1. The number of amides is 1. The summed E-state index contributed by atoms with van der Waals surface area (Å²) in [5.74, 6) is -1.26. The van der Waals surface area contributed by atoms with Gasteiger partial charge < -0.3 is 14.4 Å². The largest absolute Gasteiger partial charge is 0.348 e. The molecule has 2 aliphatic heterocycles. The number of sulfonamides is 1. The molecule has 0 bridgehead atoms. The zero-order valence-corrected chi connectivity index (χ0v) is 17.1. The van der Waals surface area contributed by atoms with Gasteiger partial charge in [-0.2, -0.15) is 4.31 Å². The van der Waals surface area contributed by atoms with Crippen molar-refractivity contribution in [3.8, 4) is 0 Å². The van der Waals surface area contributed by atoms with Gasteiger partial charge in [0.25, 0.3) is 5.91 Å². The molecule has 3 rings (SSSR count). The molecule has 0 aliphatic carbocycles. The van der Waals surface area contributed by atoms with Crippen LogP contribution in [-0.4, -0.2) is 68.7 Å². The summed E-state index contributed by atoms with van der Waals surface area (Å²) < 4.78 is 52.5. The molecule has 28 heavy (non-hydrogen) atoms. The van der Waals surface area contributed by atoms with Gasteiger partial charge in [0.1, 0.15) is 5.82 Å². The summed E-state index contributed by atoms with van der Waals surface area (Å²) in [7, 11) is -3.79. The van der Waals surface area contributed by atoms with Gasteiger partial charge in [0, 0.05) is 19.6 Å². The Balaban J connectivity index is 1.92. The van der Waals surface area contributed by atoms with Crippen molar-refractivity contribution < 1.29 is 27.1 Å². The van der Waals surface area contributed by atoms with Crippen LogP contribution in [0.1, 0.15) is 43.5 Å². The lowest BCUT2D eigenvalue weighted by molar-refractivity contribution is -0.100. The highest BCUT2D eigenvalue weighted by Crippen LogP contribution is 2.28. The van der Waals surface area contributed by atoms with E-state index in [9.17, 15) is 17.6 Å². The summed E-state index contributed by atoms with van der Waals surface area (Å²) in [5.41, 5.74) is -0.238. The first-order valence-electron chi connectivity index (χ1n) is 9.74. The third-order valence-corrected chi connectivity index (χ3v) is 7.33. The van der Waals surface area contributed by atoms with Gasteiger partial charge >= 0.3 is 0 Å². The maximum absolute atomic E-state index is 14.5. The van der Waals surface area contributed by atoms with Crippen LogP contribution in [0, 0.1) is 5.82 Å². The highest BCUT2D eigenvalue weighted by atomic mass is 32.2. The minimum Gasteiger partial charge on any atom is -0.348 e. The minimum atomic E-state index is -3.79. The molecule has 1 atom stereocenters. The molecule has 2 heterocycles. The third kappa shape index (κ3) is 4.07. The van der Waals surface area contributed by atoms with E-state index in [2.05, 4.69) is 0 Å². The predicted octanol–water partition coefficient (Wildman–Crippen LogP) is 2.22. The molecule has 2 fully saturated rings. The number of benzene rings is 1. The molecular weight excluding hydrogens is 387 g/mol. The van der Waals surface area contributed by atoms with Crippen LogP contribution in [0.25, 0.3) is 0 Å². The molecule has 9 heteroatoms. The Morgan fingerprint density at radius 1 is 1.21 bits per heavy atom. The molecule has 0 radical (unpaired) electrons. The summed E-state index contributed by atoms with van der Waals surface area (Å²) in [6.07, 6.45) is 1.91. The van der Waals surface area contributed by atoms with Gasteiger partial charge in [0.05, 0.1) is 29.7 Å². The third-order valence-electron chi connectivity index (χ3n) is 5.28. The maximum Gasteiger partial charge on any atom is 0.257 e. The Labute approximate surface area is 165 Å². The smallest absolute Gasteiger partial charge is 0.257 e. The van der Waals surface area contributed by atoms with Gasteiger partial charge in [-0.1, -0.05) is 13.8 Å². The van der Waals surface area contributed by atoms with Crippen molar-refractivity contribution in [2.45, 2.75) is 50.3 Å². The molecule has 1 unspecified atom stereocenters. The molecule has 1 aromatic rings. The van der Waals surface area contributed by atoms with Crippen molar-refractivity contribution in [2.24, 2.45) is 0 Å². The first kappa shape index (κ1) is 21.2. The highest BCUT2D eigenvalue weighted by molar-refractivity contribution is 7.89. The Bertz CT molecular complexity index is 807. The molecule has 2 saturated heterocycles. The van der Waals surface area contributed by atoms with Crippen LogP contribution in [0.4, 0.5) is 4.39 Å². The predicted molar refractivity (Wildman–Crippen MR) is 101 cm³/mol. The standard InChI is InChI=1S/C19H27FN2O5S/c1-3-21(4-2)28(24,25)14-8-9-16(20)15(13-14)18(23)22-10-6-5-7-17(22)19-26-11-12-27-19/h8-9,13,17,19H,3-7,10-12H2,1-2H3. The van der Waals surface area contributed by atoms with E-state index in [4.69, 9.17) is 9.47 Å². The molecule has 0 aromatic heterocycles. The summed E-state index contributed by atoms with van der Waals surface area (Å²) in [6, 6.07) is 3.10. The average Bonchev–Trinajstić information content (AvgIpc) is 3.23. The summed E-state index contributed by atoms with van der Waals surface area (Å²) in [5, 5.41) is 0. The number of hydrogen-bond donors (Lipinski definition) is 0. The van der Waals surface area contributed by atoms with Gasteiger partial charge in [-0.25, -0.2) is 12.8 Å². The Kier molecular flexibility index (Phi) is 6.69. The first-order chi connectivity index (χ1) is 13.4. The van der Waals surface area contributed by atoms with Crippen LogP contribution in [0.3, 0.4) is 0 Å². The van der Waals surface area contributed by atoms with E-state index in [1.54, 1.807) is 18.7 Å². The quantitative estimate of drug-likeness (QED) is 0.714. The zero-order chi connectivity index (χ0) is 20.3. The van der Waals surface area contributed by atoms with E-state index in [1.807, 2.05) is 0 Å². The number of likely N-dealkylation sites (tertiary alicyclic amines) is 1. The molecule has 7 nitrogen and oxygen atoms in total. The Morgan fingerprint density at radius 2 is 1.89 bits per heavy atom. The lowest BCUT2D eigenvalue weighted by atomic mass is 10.00. The topological polar surface area (TPSA) is 76.2 Å². The van der Waals surface area contributed by atoms with Gasteiger partial charge in [-0.15, -0.1) is 0 Å². The number of carbonyl (C=O) groups is 1. The first-order valence-corrected chi connectivity index (χ1v) is 11.2. The van der Waals surface area contributed by atoms with E-state index in [0.717, 1.165) is 25.0 Å². The molecule has 156 valence electrons. The van der Waals surface area contributed by atoms with Crippen LogP contribution in [-0.2, 0) is 19.5 Å². The summed E-state index contributed by atoms with van der Waals surface area (Å²) in [6.45, 7) is 5.45. The molecule has 0 spiro atoms. The number of ether oxygens (including phenoxy) is 2. The monoisotopic (exact) mass is 414 g/mol. The van der Waals surface area contributed by atoms with Crippen LogP contribution >= 0.6 is 0 Å². The molecular formula is C19H27FN2O5S. The summed E-state index contributed by atoms with van der Waals surface area (Å²) in [4.78, 5) is 14.6. The van der Waals surface area contributed by atoms with Crippen LogP contribution < -0.4 is 0 Å². The molecule has 0 saturated carbocycles. The number of rotatable bonds is 6. The lowest BCUT2D eigenvalue weighted by Crippen LogP contribution is -2.50. The molecule has 1 amide bonds. The highest BCUT2D eigenvalue weighted by Gasteiger charge is 2.37. The number of halogens is 1. The second kappa shape index (κ2) is 8.86. The van der Waals surface area contributed by atoms with Gasteiger partial charge in [-0.05, 0) is 37.5 Å². The van der Waals surface area contributed by atoms with Crippen molar-refractivity contribution >= 4 is 15.9 Å². The zero-order valence-electron chi connectivity index (χ0n) is 16.3.